The molecule has 0 aliphatic carbocycles. The monoisotopic (exact) mass is 376 g/mol. The zero-order valence-corrected chi connectivity index (χ0v) is 14.5. The van der Waals surface area contributed by atoms with Gasteiger partial charge in [-0.05, 0) is 30.3 Å². The molecule has 1 heterocycles. The van der Waals surface area contributed by atoms with Gasteiger partial charge in [-0.15, -0.1) is 0 Å². The largest absolute Gasteiger partial charge is 0.368 e. The number of rotatable bonds is 4. The number of anilines is 2. The molecule has 0 radical (unpaired) electrons. The molecule has 0 spiro atoms. The molecule has 3 rings (SSSR count). The molecule has 1 fully saturated rings. The Hall–Kier alpha value is -2.84. The quantitative estimate of drug-likeness (QED) is 0.483. The first kappa shape index (κ1) is 18.0. The first-order valence-corrected chi connectivity index (χ1v) is 8.35. The zero-order chi connectivity index (χ0) is 18.7. The van der Waals surface area contributed by atoms with Crippen LogP contribution in [0.15, 0.2) is 42.5 Å². The minimum absolute atomic E-state index is 0.0283. The molecule has 1 aliphatic rings. The predicted octanol–water partition coefficient (Wildman–Crippen LogP) is 2.69. The van der Waals surface area contributed by atoms with Crippen molar-refractivity contribution in [3.05, 3.63) is 63.2 Å². The van der Waals surface area contributed by atoms with E-state index in [2.05, 4.69) is 4.90 Å². The van der Waals surface area contributed by atoms with Gasteiger partial charge in [-0.3, -0.25) is 20.1 Å². The van der Waals surface area contributed by atoms with Crippen LogP contribution in [0.5, 0.6) is 0 Å². The summed E-state index contributed by atoms with van der Waals surface area (Å²) in [5.74, 6) is -0.787. The Bertz CT molecular complexity index is 837. The normalized spacial score (nSPS) is 14.2. The maximum atomic E-state index is 11.5. The van der Waals surface area contributed by atoms with Gasteiger partial charge in [-0.25, -0.2) is 5.48 Å². The number of nitro groups is 1. The highest BCUT2D eigenvalue weighted by Gasteiger charge is 2.25. The highest BCUT2D eigenvalue weighted by molar-refractivity contribution is 6.30. The first-order chi connectivity index (χ1) is 12.5. The van der Waals surface area contributed by atoms with Gasteiger partial charge in [0.15, 0.2) is 0 Å². The molecule has 9 heteroatoms. The van der Waals surface area contributed by atoms with E-state index in [0.29, 0.717) is 36.9 Å². The average molecular weight is 377 g/mol. The number of nitro benzene ring substituents is 1. The molecule has 1 aliphatic heterocycles. The summed E-state index contributed by atoms with van der Waals surface area (Å²) in [4.78, 5) is 26.5. The third-order valence-electron chi connectivity index (χ3n) is 4.33. The van der Waals surface area contributed by atoms with Crippen LogP contribution in [0.3, 0.4) is 0 Å². The molecule has 0 unspecified atom stereocenters. The molecule has 136 valence electrons. The van der Waals surface area contributed by atoms with Gasteiger partial charge in [0.1, 0.15) is 5.69 Å². The smallest absolute Gasteiger partial charge is 0.293 e. The summed E-state index contributed by atoms with van der Waals surface area (Å²) in [6, 6.07) is 11.7. The van der Waals surface area contributed by atoms with Gasteiger partial charge in [0.2, 0.25) is 0 Å². The van der Waals surface area contributed by atoms with Gasteiger partial charge in [0.25, 0.3) is 11.6 Å². The van der Waals surface area contributed by atoms with Crippen molar-refractivity contribution in [1.82, 2.24) is 5.48 Å². The van der Waals surface area contributed by atoms with Crippen LogP contribution in [0.2, 0.25) is 5.02 Å². The number of nitrogens with one attached hydrogen (secondary N) is 1. The van der Waals surface area contributed by atoms with E-state index in [9.17, 15) is 14.9 Å². The lowest BCUT2D eigenvalue weighted by molar-refractivity contribution is -0.384. The van der Waals surface area contributed by atoms with E-state index in [-0.39, 0.29) is 11.3 Å². The van der Waals surface area contributed by atoms with E-state index in [1.165, 1.54) is 23.7 Å². The summed E-state index contributed by atoms with van der Waals surface area (Å²) in [5.41, 5.74) is 2.82. The minimum atomic E-state index is -0.787. The Morgan fingerprint density at radius 1 is 1.12 bits per heavy atom. The lowest BCUT2D eigenvalue weighted by atomic mass is 10.1. The van der Waals surface area contributed by atoms with Crippen LogP contribution >= 0.6 is 11.6 Å². The summed E-state index contributed by atoms with van der Waals surface area (Å²) in [6.07, 6.45) is 0. The summed E-state index contributed by atoms with van der Waals surface area (Å²) in [6.45, 7) is 2.57. The number of carbonyl (C=O) groups excluding carboxylic acids is 1. The number of benzene rings is 2. The molecule has 0 atom stereocenters. The van der Waals surface area contributed by atoms with Gasteiger partial charge in [0.05, 0.1) is 4.92 Å². The lowest BCUT2D eigenvalue weighted by Crippen LogP contribution is -2.46. The van der Waals surface area contributed by atoms with Crippen LogP contribution in [0.4, 0.5) is 17.1 Å². The van der Waals surface area contributed by atoms with E-state index in [4.69, 9.17) is 16.8 Å². The van der Waals surface area contributed by atoms with Crippen molar-refractivity contribution in [3.8, 4) is 0 Å². The van der Waals surface area contributed by atoms with Crippen molar-refractivity contribution in [2.24, 2.45) is 0 Å². The molecule has 1 amide bonds. The third kappa shape index (κ3) is 3.71. The number of halogens is 1. The van der Waals surface area contributed by atoms with Crippen LogP contribution in [-0.2, 0) is 0 Å². The maximum Gasteiger partial charge on any atom is 0.293 e. The number of hydrogen-bond acceptors (Lipinski definition) is 6. The Morgan fingerprint density at radius 2 is 1.81 bits per heavy atom. The summed E-state index contributed by atoms with van der Waals surface area (Å²) in [7, 11) is 0. The van der Waals surface area contributed by atoms with Crippen LogP contribution < -0.4 is 15.3 Å². The maximum absolute atomic E-state index is 11.5. The standard InChI is InChI=1S/C17H17ClN4O4/c18-13-2-1-3-14(11-13)20-6-8-21(9-7-20)15-5-4-12(17(23)19-24)10-16(15)22(25)26/h1-5,10-11,24H,6-9H2,(H,19,23). The van der Waals surface area contributed by atoms with Crippen LogP contribution in [0.25, 0.3) is 0 Å². The van der Waals surface area contributed by atoms with Gasteiger partial charge in [0, 0.05) is 48.5 Å². The molecule has 0 aromatic heterocycles. The topological polar surface area (TPSA) is 99.0 Å². The fourth-order valence-electron chi connectivity index (χ4n) is 3.02. The van der Waals surface area contributed by atoms with Crippen molar-refractivity contribution in [1.29, 1.82) is 0 Å². The number of carbonyl (C=O) groups is 1. The predicted molar refractivity (Wildman–Crippen MR) is 98.2 cm³/mol. The van der Waals surface area contributed by atoms with Crippen LogP contribution in [0, 0.1) is 10.1 Å². The van der Waals surface area contributed by atoms with Crippen molar-refractivity contribution in [2.45, 2.75) is 0 Å². The molecule has 1 saturated heterocycles. The molecular weight excluding hydrogens is 360 g/mol. The number of hydrogen-bond donors (Lipinski definition) is 2. The molecule has 2 aromatic carbocycles. The Labute approximate surface area is 154 Å². The van der Waals surface area contributed by atoms with E-state index in [1.807, 2.05) is 29.2 Å². The second-order valence-corrected chi connectivity index (χ2v) is 6.29. The van der Waals surface area contributed by atoms with Gasteiger partial charge < -0.3 is 9.80 Å². The lowest BCUT2D eigenvalue weighted by Gasteiger charge is -2.37. The van der Waals surface area contributed by atoms with Gasteiger partial charge in [-0.2, -0.15) is 0 Å². The average Bonchev–Trinajstić information content (AvgIpc) is 2.67. The van der Waals surface area contributed by atoms with Crippen LogP contribution in [0.1, 0.15) is 10.4 Å². The number of hydroxylamine groups is 1. The first-order valence-electron chi connectivity index (χ1n) is 7.98. The van der Waals surface area contributed by atoms with Crippen molar-refractivity contribution >= 4 is 34.6 Å². The molecule has 0 bridgehead atoms. The number of amides is 1. The van der Waals surface area contributed by atoms with E-state index < -0.39 is 10.8 Å². The number of piperazine rings is 1. The van der Waals surface area contributed by atoms with Gasteiger partial charge in [-0.1, -0.05) is 17.7 Å². The summed E-state index contributed by atoms with van der Waals surface area (Å²) in [5, 5.41) is 20.8. The minimum Gasteiger partial charge on any atom is -0.368 e. The number of nitrogens with zero attached hydrogens (tertiary/aromatic N) is 3. The summed E-state index contributed by atoms with van der Waals surface area (Å²) >= 11 is 6.03. The van der Waals surface area contributed by atoms with E-state index in [1.54, 1.807) is 0 Å². The SMILES string of the molecule is O=C(NO)c1ccc(N2CCN(c3cccc(Cl)c3)CC2)c([N+](=O)[O-])c1. The van der Waals surface area contributed by atoms with Crippen molar-refractivity contribution < 1.29 is 14.9 Å². The van der Waals surface area contributed by atoms with E-state index in [0.717, 1.165) is 5.69 Å². The van der Waals surface area contributed by atoms with E-state index >= 15 is 0 Å². The fraction of sp³-hybridized carbons (Fsp3) is 0.235. The van der Waals surface area contributed by atoms with Crippen LogP contribution in [-0.4, -0.2) is 42.2 Å². The molecular formula is C17H17ClN4O4. The van der Waals surface area contributed by atoms with Gasteiger partial charge >= 0.3 is 0 Å². The second kappa shape index (κ2) is 7.59. The van der Waals surface area contributed by atoms with Crippen molar-refractivity contribution in [2.75, 3.05) is 36.0 Å². The summed E-state index contributed by atoms with van der Waals surface area (Å²) < 4.78 is 0. The Kier molecular flexibility index (Phi) is 5.24. The van der Waals surface area contributed by atoms with Crippen molar-refractivity contribution in [3.63, 3.8) is 0 Å². The fourth-order valence-corrected chi connectivity index (χ4v) is 3.21. The Balaban J connectivity index is 1.78. The molecule has 26 heavy (non-hydrogen) atoms. The third-order valence-corrected chi connectivity index (χ3v) is 4.56. The zero-order valence-electron chi connectivity index (χ0n) is 13.8. The highest BCUT2D eigenvalue weighted by Crippen LogP contribution is 2.31. The highest BCUT2D eigenvalue weighted by atomic mass is 35.5. The molecule has 0 saturated carbocycles. The molecule has 2 N–H and O–H groups in total. The second-order valence-electron chi connectivity index (χ2n) is 5.86. The molecule has 2 aromatic rings. The Morgan fingerprint density at radius 3 is 2.42 bits per heavy atom. The molecule has 8 nitrogen and oxygen atoms in total.